The Morgan fingerprint density at radius 2 is 1.75 bits per heavy atom. The van der Waals surface area contributed by atoms with Gasteiger partial charge in [0.1, 0.15) is 0 Å². The van der Waals surface area contributed by atoms with Crippen LogP contribution in [0.15, 0.2) is 52.5 Å². The number of benzene rings is 1. The second-order valence-corrected chi connectivity index (χ2v) is 6.70. The van der Waals surface area contributed by atoms with E-state index in [1.807, 2.05) is 32.0 Å². The first-order valence-corrected chi connectivity index (χ1v) is 8.88. The normalized spacial score (nSPS) is 13.4. The maximum absolute atomic E-state index is 12.1. The van der Waals surface area contributed by atoms with Gasteiger partial charge in [-0.25, -0.2) is 5.43 Å². The number of hydrazone groups is 1. The van der Waals surface area contributed by atoms with Gasteiger partial charge >= 0.3 is 0 Å². The van der Waals surface area contributed by atoms with Crippen molar-refractivity contribution in [1.82, 2.24) is 10.7 Å². The summed E-state index contributed by atoms with van der Waals surface area (Å²) in [4.78, 5) is 35.3. The third-order valence-electron chi connectivity index (χ3n) is 3.79. The van der Waals surface area contributed by atoms with Crippen molar-refractivity contribution in [2.24, 2.45) is 5.10 Å². The SMILES string of the molecule is CC(=O)NC1=CCC(C(=O)N/N=C(\C)CC(=O)Nc2cc(C)cc(C)c2)=C=C1. The molecule has 146 valence electrons. The Kier molecular flexibility index (Phi) is 7.07. The highest BCUT2D eigenvalue weighted by atomic mass is 16.2. The first-order valence-electron chi connectivity index (χ1n) is 8.88. The van der Waals surface area contributed by atoms with Crippen molar-refractivity contribution in [2.75, 3.05) is 5.32 Å². The van der Waals surface area contributed by atoms with Gasteiger partial charge in [-0.2, -0.15) is 5.10 Å². The lowest BCUT2D eigenvalue weighted by atomic mass is 10.1. The van der Waals surface area contributed by atoms with Gasteiger partial charge in [-0.1, -0.05) is 12.1 Å². The predicted molar refractivity (Wildman–Crippen MR) is 109 cm³/mol. The molecule has 0 saturated heterocycles. The molecule has 7 nitrogen and oxygen atoms in total. The van der Waals surface area contributed by atoms with Crippen LogP contribution in [0.4, 0.5) is 5.69 Å². The minimum absolute atomic E-state index is 0.0642. The molecule has 7 heteroatoms. The van der Waals surface area contributed by atoms with Crippen LogP contribution >= 0.6 is 0 Å². The fourth-order valence-electron chi connectivity index (χ4n) is 2.68. The number of rotatable bonds is 6. The maximum atomic E-state index is 12.1. The molecule has 1 aromatic rings. The quantitative estimate of drug-likeness (QED) is 0.402. The summed E-state index contributed by atoms with van der Waals surface area (Å²) in [7, 11) is 0. The molecule has 1 aliphatic rings. The minimum Gasteiger partial charge on any atom is -0.326 e. The molecule has 0 saturated carbocycles. The van der Waals surface area contributed by atoms with Gasteiger partial charge in [0.25, 0.3) is 5.91 Å². The summed E-state index contributed by atoms with van der Waals surface area (Å²) >= 11 is 0. The molecule has 0 bridgehead atoms. The van der Waals surface area contributed by atoms with Crippen molar-refractivity contribution in [3.8, 4) is 0 Å². The number of allylic oxidation sites excluding steroid dienone is 2. The molecule has 2 rings (SSSR count). The molecule has 0 aromatic heterocycles. The average Bonchev–Trinajstić information content (AvgIpc) is 2.58. The van der Waals surface area contributed by atoms with Crippen molar-refractivity contribution in [1.29, 1.82) is 0 Å². The standard InChI is InChI=1S/C21H24N4O3/c1-13-9-14(2)11-19(10-13)23-20(27)12-15(3)24-25-21(28)17-5-7-18(8-6-17)22-16(4)26/h7-11H,5,12H2,1-4H3,(H,22,26)(H,23,27)(H,25,28)/b24-15+. The van der Waals surface area contributed by atoms with Crippen molar-refractivity contribution in [3.05, 3.63) is 58.5 Å². The molecule has 0 spiro atoms. The number of hydrogen-bond donors (Lipinski definition) is 3. The van der Waals surface area contributed by atoms with Crippen LogP contribution in [0, 0.1) is 13.8 Å². The van der Waals surface area contributed by atoms with Crippen molar-refractivity contribution >= 4 is 29.1 Å². The van der Waals surface area contributed by atoms with Crippen LogP contribution in [0.5, 0.6) is 0 Å². The van der Waals surface area contributed by atoms with Crippen LogP contribution in [0.3, 0.4) is 0 Å². The molecule has 3 amide bonds. The zero-order chi connectivity index (χ0) is 20.7. The fourth-order valence-corrected chi connectivity index (χ4v) is 2.68. The number of hydrogen-bond acceptors (Lipinski definition) is 4. The summed E-state index contributed by atoms with van der Waals surface area (Å²) < 4.78 is 0. The number of nitrogens with one attached hydrogen (secondary N) is 3. The molecule has 0 unspecified atom stereocenters. The van der Waals surface area contributed by atoms with Crippen LogP contribution in [0.2, 0.25) is 0 Å². The topological polar surface area (TPSA) is 99.7 Å². The molecule has 28 heavy (non-hydrogen) atoms. The minimum atomic E-state index is -0.400. The molecule has 0 heterocycles. The molecule has 0 fully saturated rings. The van der Waals surface area contributed by atoms with E-state index in [0.29, 0.717) is 23.4 Å². The van der Waals surface area contributed by atoms with E-state index >= 15 is 0 Å². The number of nitrogens with zero attached hydrogens (tertiary/aromatic N) is 1. The third kappa shape index (κ3) is 6.70. The van der Waals surface area contributed by atoms with E-state index in [-0.39, 0.29) is 18.2 Å². The van der Waals surface area contributed by atoms with Gasteiger partial charge in [-0.15, -0.1) is 5.73 Å². The van der Waals surface area contributed by atoms with Crippen LogP contribution in [-0.2, 0) is 14.4 Å². The molecule has 0 aliphatic heterocycles. The van der Waals surface area contributed by atoms with Gasteiger partial charge < -0.3 is 10.6 Å². The molecule has 1 aliphatic carbocycles. The number of carbonyl (C=O) groups is 3. The second-order valence-electron chi connectivity index (χ2n) is 6.70. The smallest absolute Gasteiger partial charge is 0.275 e. The van der Waals surface area contributed by atoms with Crippen molar-refractivity contribution in [2.45, 2.75) is 40.5 Å². The van der Waals surface area contributed by atoms with Gasteiger partial charge in [0.2, 0.25) is 11.8 Å². The highest BCUT2D eigenvalue weighted by molar-refractivity contribution is 6.06. The summed E-state index contributed by atoms with van der Waals surface area (Å²) in [6, 6.07) is 5.81. The largest absolute Gasteiger partial charge is 0.326 e. The molecule has 1 aromatic carbocycles. The third-order valence-corrected chi connectivity index (χ3v) is 3.79. The van der Waals surface area contributed by atoms with E-state index in [1.54, 1.807) is 13.0 Å². The van der Waals surface area contributed by atoms with Crippen LogP contribution in [0.1, 0.15) is 37.8 Å². The zero-order valence-electron chi connectivity index (χ0n) is 16.5. The maximum Gasteiger partial charge on any atom is 0.275 e. The van der Waals surface area contributed by atoms with E-state index in [1.165, 1.54) is 13.0 Å². The lowest BCUT2D eigenvalue weighted by Gasteiger charge is -2.09. The molecule has 0 radical (unpaired) electrons. The molecular formula is C21H24N4O3. The highest BCUT2D eigenvalue weighted by Crippen LogP contribution is 2.14. The van der Waals surface area contributed by atoms with Crippen LogP contribution < -0.4 is 16.1 Å². The van der Waals surface area contributed by atoms with E-state index < -0.39 is 5.91 Å². The second kappa shape index (κ2) is 9.48. The average molecular weight is 380 g/mol. The van der Waals surface area contributed by atoms with E-state index in [4.69, 9.17) is 0 Å². The number of carbonyl (C=O) groups excluding carboxylic acids is 3. The zero-order valence-corrected chi connectivity index (χ0v) is 16.5. The van der Waals surface area contributed by atoms with Gasteiger partial charge in [-0.3, -0.25) is 14.4 Å². The first-order chi connectivity index (χ1) is 13.2. The number of aryl methyl sites for hydroxylation is 2. The van der Waals surface area contributed by atoms with Gasteiger partial charge in [0, 0.05) is 36.5 Å². The lowest BCUT2D eigenvalue weighted by molar-refractivity contribution is -0.118. The predicted octanol–water partition coefficient (Wildman–Crippen LogP) is 2.63. The Bertz CT molecular complexity index is 915. The first kappa shape index (κ1) is 20.9. The Balaban J connectivity index is 1.88. The summed E-state index contributed by atoms with van der Waals surface area (Å²) in [6.07, 6.45) is 3.66. The van der Waals surface area contributed by atoms with Gasteiger partial charge in [-0.05, 0) is 44.0 Å². The molecular weight excluding hydrogens is 356 g/mol. The van der Waals surface area contributed by atoms with E-state index in [2.05, 4.69) is 26.9 Å². The van der Waals surface area contributed by atoms with Crippen LogP contribution in [0.25, 0.3) is 0 Å². The van der Waals surface area contributed by atoms with Crippen molar-refractivity contribution in [3.63, 3.8) is 0 Å². The monoisotopic (exact) mass is 380 g/mol. The molecule has 3 N–H and O–H groups in total. The fraction of sp³-hybridized carbons (Fsp3) is 0.286. The Hall–Kier alpha value is -3.44. The van der Waals surface area contributed by atoms with Gasteiger partial charge in [0.05, 0.1) is 12.0 Å². The van der Waals surface area contributed by atoms with Crippen molar-refractivity contribution < 1.29 is 14.4 Å². The Morgan fingerprint density at radius 1 is 1.07 bits per heavy atom. The summed E-state index contributed by atoms with van der Waals surface area (Å²) in [5.41, 5.74) is 9.60. The highest BCUT2D eigenvalue weighted by Gasteiger charge is 2.11. The number of amides is 3. The van der Waals surface area contributed by atoms with Gasteiger partial charge in [0.15, 0.2) is 0 Å². The summed E-state index contributed by atoms with van der Waals surface area (Å²) in [6.45, 7) is 7.01. The van der Waals surface area contributed by atoms with E-state index in [0.717, 1.165) is 16.8 Å². The van der Waals surface area contributed by atoms with E-state index in [9.17, 15) is 14.4 Å². The molecule has 0 atom stereocenters. The number of anilines is 1. The van der Waals surface area contributed by atoms with Crippen LogP contribution in [-0.4, -0.2) is 23.4 Å². The Labute approximate surface area is 164 Å². The lowest BCUT2D eigenvalue weighted by Crippen LogP contribution is -2.24. The summed E-state index contributed by atoms with van der Waals surface area (Å²) in [5, 5.41) is 9.43. The Morgan fingerprint density at radius 3 is 2.32 bits per heavy atom. The summed E-state index contributed by atoms with van der Waals surface area (Å²) in [5.74, 6) is -0.792.